The van der Waals surface area contributed by atoms with Gasteiger partial charge in [-0.05, 0) is 6.54 Å². The molecule has 0 saturated carbocycles. The first-order valence-electron chi connectivity index (χ1n) is 4.47. The van der Waals surface area contributed by atoms with Crippen LogP contribution in [-0.2, 0) is 14.5 Å². The standard InChI is InChI=1S/C8H16N2O5/c1-3-10-4-8(5-15-14,7(12)13)6(11)9-2/h10,14H,3-5H2,1-2H3,(H,9,11)(H,12,13). The lowest BCUT2D eigenvalue weighted by Crippen LogP contribution is -2.54. The van der Waals surface area contributed by atoms with Crippen LogP contribution >= 0.6 is 0 Å². The number of rotatable bonds is 7. The van der Waals surface area contributed by atoms with Gasteiger partial charge in [-0.3, -0.25) is 14.8 Å². The van der Waals surface area contributed by atoms with E-state index in [1.165, 1.54) is 7.05 Å². The number of carboxylic acid groups (broad SMARTS) is 1. The Kier molecular flexibility index (Phi) is 5.83. The SMILES string of the molecule is CCNCC(COO)(C(=O)O)C(=O)NC. The average molecular weight is 220 g/mol. The van der Waals surface area contributed by atoms with E-state index in [2.05, 4.69) is 15.5 Å². The average Bonchev–Trinajstić information content (AvgIpc) is 2.22. The number of nitrogens with one attached hydrogen (secondary N) is 2. The maximum atomic E-state index is 11.4. The van der Waals surface area contributed by atoms with Crippen LogP contribution in [0.1, 0.15) is 6.92 Å². The van der Waals surface area contributed by atoms with Crippen LogP contribution in [0.25, 0.3) is 0 Å². The first-order valence-corrected chi connectivity index (χ1v) is 4.47. The van der Waals surface area contributed by atoms with Crippen LogP contribution in [0.4, 0.5) is 0 Å². The van der Waals surface area contributed by atoms with Crippen molar-refractivity contribution in [3.63, 3.8) is 0 Å². The Hall–Kier alpha value is -1.18. The molecule has 88 valence electrons. The molecule has 0 saturated heterocycles. The van der Waals surface area contributed by atoms with Crippen LogP contribution in [0, 0.1) is 5.41 Å². The Morgan fingerprint density at radius 1 is 1.47 bits per heavy atom. The van der Waals surface area contributed by atoms with E-state index < -0.39 is 23.9 Å². The summed E-state index contributed by atoms with van der Waals surface area (Å²) in [4.78, 5) is 26.3. The Morgan fingerprint density at radius 3 is 2.40 bits per heavy atom. The topological polar surface area (TPSA) is 108 Å². The molecule has 15 heavy (non-hydrogen) atoms. The van der Waals surface area contributed by atoms with Crippen LogP contribution in [0.5, 0.6) is 0 Å². The third-order valence-corrected chi connectivity index (χ3v) is 2.06. The van der Waals surface area contributed by atoms with Gasteiger partial charge in [0.05, 0.1) is 0 Å². The molecule has 0 spiro atoms. The molecule has 1 unspecified atom stereocenters. The number of amides is 1. The molecular weight excluding hydrogens is 204 g/mol. The zero-order valence-electron chi connectivity index (χ0n) is 8.74. The summed E-state index contributed by atoms with van der Waals surface area (Å²) in [5.74, 6) is -2.07. The summed E-state index contributed by atoms with van der Waals surface area (Å²) < 4.78 is 0. The quantitative estimate of drug-likeness (QED) is 0.246. The smallest absolute Gasteiger partial charge is 0.323 e. The van der Waals surface area contributed by atoms with Gasteiger partial charge >= 0.3 is 5.97 Å². The molecule has 0 heterocycles. The van der Waals surface area contributed by atoms with Gasteiger partial charge in [0.2, 0.25) is 5.91 Å². The van der Waals surface area contributed by atoms with Crippen molar-refractivity contribution in [3.8, 4) is 0 Å². The highest BCUT2D eigenvalue weighted by molar-refractivity contribution is 6.02. The first-order chi connectivity index (χ1) is 7.05. The van der Waals surface area contributed by atoms with Gasteiger partial charge in [0.25, 0.3) is 0 Å². The molecule has 0 aliphatic rings. The summed E-state index contributed by atoms with van der Waals surface area (Å²) in [7, 11) is 1.32. The van der Waals surface area contributed by atoms with E-state index in [4.69, 9.17) is 10.4 Å². The Bertz CT molecular complexity index is 233. The van der Waals surface area contributed by atoms with E-state index in [0.717, 1.165) is 0 Å². The maximum absolute atomic E-state index is 11.4. The predicted octanol–water partition coefficient (Wildman–Crippen LogP) is -1.10. The van der Waals surface area contributed by atoms with Crippen LogP contribution in [0.2, 0.25) is 0 Å². The highest BCUT2D eigenvalue weighted by Gasteiger charge is 2.46. The van der Waals surface area contributed by atoms with E-state index in [1.54, 1.807) is 6.92 Å². The second-order valence-electron chi connectivity index (χ2n) is 3.02. The molecule has 0 fully saturated rings. The van der Waals surface area contributed by atoms with Crippen molar-refractivity contribution in [2.45, 2.75) is 6.92 Å². The molecule has 0 rings (SSSR count). The fourth-order valence-electron chi connectivity index (χ4n) is 1.12. The third-order valence-electron chi connectivity index (χ3n) is 2.06. The van der Waals surface area contributed by atoms with Gasteiger partial charge in [0, 0.05) is 13.6 Å². The Morgan fingerprint density at radius 2 is 2.07 bits per heavy atom. The van der Waals surface area contributed by atoms with Crippen molar-refractivity contribution in [2.75, 3.05) is 26.7 Å². The van der Waals surface area contributed by atoms with E-state index in [-0.39, 0.29) is 6.54 Å². The van der Waals surface area contributed by atoms with E-state index in [1.807, 2.05) is 0 Å². The molecule has 0 aromatic heterocycles. The molecular formula is C8H16N2O5. The first kappa shape index (κ1) is 13.8. The number of hydrogen-bond acceptors (Lipinski definition) is 5. The molecule has 0 aromatic rings. The van der Waals surface area contributed by atoms with Crippen LogP contribution in [0.3, 0.4) is 0 Å². The lowest BCUT2D eigenvalue weighted by molar-refractivity contribution is -0.260. The van der Waals surface area contributed by atoms with E-state index in [0.29, 0.717) is 6.54 Å². The fraction of sp³-hybridized carbons (Fsp3) is 0.750. The number of carbonyl (C=O) groups is 2. The van der Waals surface area contributed by atoms with Crippen LogP contribution in [-0.4, -0.2) is 49.0 Å². The van der Waals surface area contributed by atoms with Crippen molar-refractivity contribution in [2.24, 2.45) is 5.41 Å². The molecule has 0 radical (unpaired) electrons. The molecule has 0 aliphatic heterocycles. The van der Waals surface area contributed by atoms with Gasteiger partial charge in [-0.15, -0.1) is 0 Å². The second kappa shape index (κ2) is 6.33. The fourth-order valence-corrected chi connectivity index (χ4v) is 1.12. The van der Waals surface area contributed by atoms with Gasteiger partial charge in [-0.25, -0.2) is 4.89 Å². The molecule has 0 bridgehead atoms. The third kappa shape index (κ3) is 3.15. The van der Waals surface area contributed by atoms with Gasteiger partial charge in [0.1, 0.15) is 6.61 Å². The van der Waals surface area contributed by atoms with E-state index in [9.17, 15) is 9.59 Å². The Labute approximate surface area is 87.3 Å². The van der Waals surface area contributed by atoms with Gasteiger partial charge in [-0.1, -0.05) is 6.92 Å². The van der Waals surface area contributed by atoms with Crippen LogP contribution < -0.4 is 10.6 Å². The lowest BCUT2D eigenvalue weighted by atomic mass is 9.88. The summed E-state index contributed by atoms with van der Waals surface area (Å²) in [6.07, 6.45) is 0. The predicted molar refractivity (Wildman–Crippen MR) is 51.3 cm³/mol. The molecule has 7 nitrogen and oxygen atoms in total. The van der Waals surface area contributed by atoms with Crippen molar-refractivity contribution >= 4 is 11.9 Å². The zero-order valence-corrected chi connectivity index (χ0v) is 8.74. The number of hydrogen-bond donors (Lipinski definition) is 4. The number of carbonyl (C=O) groups excluding carboxylic acids is 1. The van der Waals surface area contributed by atoms with Crippen molar-refractivity contribution in [3.05, 3.63) is 0 Å². The minimum absolute atomic E-state index is 0.112. The highest BCUT2D eigenvalue weighted by atomic mass is 17.1. The molecule has 4 N–H and O–H groups in total. The monoisotopic (exact) mass is 220 g/mol. The summed E-state index contributed by atoms with van der Waals surface area (Å²) in [6, 6.07) is 0. The van der Waals surface area contributed by atoms with Crippen molar-refractivity contribution in [1.29, 1.82) is 0 Å². The van der Waals surface area contributed by atoms with Gasteiger partial charge < -0.3 is 15.7 Å². The summed E-state index contributed by atoms with van der Waals surface area (Å²) in [6.45, 7) is 1.57. The van der Waals surface area contributed by atoms with E-state index >= 15 is 0 Å². The van der Waals surface area contributed by atoms with Crippen molar-refractivity contribution < 1.29 is 24.8 Å². The highest BCUT2D eigenvalue weighted by Crippen LogP contribution is 2.17. The summed E-state index contributed by atoms with van der Waals surface area (Å²) in [5.41, 5.74) is -1.81. The Balaban J connectivity index is 4.88. The summed E-state index contributed by atoms with van der Waals surface area (Å²) >= 11 is 0. The minimum Gasteiger partial charge on any atom is -0.480 e. The summed E-state index contributed by atoms with van der Waals surface area (Å²) in [5, 5.41) is 22.3. The number of aliphatic carboxylic acids is 1. The molecule has 1 amide bonds. The van der Waals surface area contributed by atoms with Gasteiger partial charge in [0.15, 0.2) is 5.41 Å². The lowest BCUT2D eigenvalue weighted by Gasteiger charge is -2.25. The minimum atomic E-state index is -1.81. The zero-order chi connectivity index (χ0) is 11.9. The number of carboxylic acids is 1. The second-order valence-corrected chi connectivity index (χ2v) is 3.02. The molecule has 7 heteroatoms. The molecule has 1 atom stereocenters. The van der Waals surface area contributed by atoms with Crippen LogP contribution in [0.15, 0.2) is 0 Å². The largest absolute Gasteiger partial charge is 0.480 e. The normalized spacial score (nSPS) is 14.3. The molecule has 0 aromatic carbocycles. The van der Waals surface area contributed by atoms with Gasteiger partial charge in [-0.2, -0.15) is 0 Å². The molecule has 0 aliphatic carbocycles. The maximum Gasteiger partial charge on any atom is 0.323 e. The van der Waals surface area contributed by atoms with Crippen molar-refractivity contribution in [1.82, 2.24) is 10.6 Å².